The predicted octanol–water partition coefficient (Wildman–Crippen LogP) is 3.68. The minimum absolute atomic E-state index is 0.123. The van der Waals surface area contributed by atoms with E-state index in [1.165, 1.54) is 31.5 Å². The molecular formula is C19H18N4O4. The number of hydrogen-bond donors (Lipinski definition) is 2. The summed E-state index contributed by atoms with van der Waals surface area (Å²) in [6, 6.07) is 11.4. The second kappa shape index (κ2) is 8.49. The van der Waals surface area contributed by atoms with Gasteiger partial charge in [0.05, 0.1) is 23.8 Å². The zero-order valence-corrected chi connectivity index (χ0v) is 15.1. The fourth-order valence-electron chi connectivity index (χ4n) is 2.28. The number of nitriles is 1. The number of carbonyl (C=O) groups is 1. The number of nitro benzene ring substituents is 1. The summed E-state index contributed by atoms with van der Waals surface area (Å²) in [5.74, 6) is -0.542. The Labute approximate surface area is 156 Å². The molecule has 0 saturated carbocycles. The van der Waals surface area contributed by atoms with Crippen molar-refractivity contribution in [3.8, 4) is 11.8 Å². The third-order valence-electron chi connectivity index (χ3n) is 3.77. The highest BCUT2D eigenvalue weighted by atomic mass is 16.6. The predicted molar refractivity (Wildman–Crippen MR) is 102 cm³/mol. The molecule has 2 rings (SSSR count). The average Bonchev–Trinajstić information content (AvgIpc) is 2.65. The third kappa shape index (κ3) is 4.83. The van der Waals surface area contributed by atoms with Gasteiger partial charge in [-0.25, -0.2) is 0 Å². The summed E-state index contributed by atoms with van der Waals surface area (Å²) >= 11 is 0. The number of carbonyl (C=O) groups excluding carboxylic acids is 1. The normalized spacial score (nSPS) is 10.7. The molecule has 2 aromatic rings. The zero-order valence-electron chi connectivity index (χ0n) is 15.1. The Hall–Kier alpha value is -3.86. The Morgan fingerprint density at radius 1 is 1.22 bits per heavy atom. The van der Waals surface area contributed by atoms with E-state index in [2.05, 4.69) is 10.6 Å². The van der Waals surface area contributed by atoms with Crippen molar-refractivity contribution in [3.05, 3.63) is 69.4 Å². The zero-order chi connectivity index (χ0) is 20.0. The number of nitrogens with zero attached hydrogens (tertiary/aromatic N) is 2. The van der Waals surface area contributed by atoms with E-state index in [1.54, 1.807) is 0 Å². The van der Waals surface area contributed by atoms with Gasteiger partial charge < -0.3 is 15.4 Å². The molecule has 0 saturated heterocycles. The van der Waals surface area contributed by atoms with E-state index < -0.39 is 10.8 Å². The van der Waals surface area contributed by atoms with E-state index in [0.29, 0.717) is 0 Å². The van der Waals surface area contributed by atoms with Crippen molar-refractivity contribution in [3.63, 3.8) is 0 Å². The van der Waals surface area contributed by atoms with Crippen LogP contribution in [0.3, 0.4) is 0 Å². The lowest BCUT2D eigenvalue weighted by molar-refractivity contribution is -0.384. The smallest absolute Gasteiger partial charge is 0.273 e. The molecule has 0 aromatic heterocycles. The molecular weight excluding hydrogens is 348 g/mol. The molecule has 2 N–H and O–H groups in total. The SMILES string of the molecule is COc1cc([N+](=O)[O-])ccc1NC(=O)/C(C#N)=C\Nc1cc(C)ccc1C. The summed E-state index contributed by atoms with van der Waals surface area (Å²) in [6.45, 7) is 3.84. The summed E-state index contributed by atoms with van der Waals surface area (Å²) < 4.78 is 5.07. The summed E-state index contributed by atoms with van der Waals surface area (Å²) in [5.41, 5.74) is 2.68. The number of benzene rings is 2. The van der Waals surface area contributed by atoms with Crippen LogP contribution < -0.4 is 15.4 Å². The summed E-state index contributed by atoms with van der Waals surface area (Å²) in [7, 11) is 1.33. The van der Waals surface area contributed by atoms with Gasteiger partial charge in [-0.3, -0.25) is 14.9 Å². The van der Waals surface area contributed by atoms with Gasteiger partial charge in [-0.1, -0.05) is 12.1 Å². The van der Waals surface area contributed by atoms with Crippen LogP contribution in [-0.2, 0) is 4.79 Å². The third-order valence-corrected chi connectivity index (χ3v) is 3.77. The van der Waals surface area contributed by atoms with Crippen molar-refractivity contribution in [2.45, 2.75) is 13.8 Å². The van der Waals surface area contributed by atoms with Crippen LogP contribution in [-0.4, -0.2) is 17.9 Å². The molecule has 0 aliphatic heterocycles. The van der Waals surface area contributed by atoms with E-state index in [1.807, 2.05) is 38.1 Å². The second-order valence-corrected chi connectivity index (χ2v) is 5.73. The maximum absolute atomic E-state index is 12.4. The standard InChI is InChI=1S/C19H18N4O4/c1-12-4-5-13(2)17(8-12)21-11-14(10-20)19(24)22-16-7-6-15(23(25)26)9-18(16)27-3/h4-9,11,21H,1-3H3,(H,22,24)/b14-11-. The number of hydrogen-bond acceptors (Lipinski definition) is 6. The molecule has 0 bridgehead atoms. The van der Waals surface area contributed by atoms with Gasteiger partial charge in [0.25, 0.3) is 11.6 Å². The minimum atomic E-state index is -0.664. The Morgan fingerprint density at radius 2 is 1.96 bits per heavy atom. The van der Waals surface area contributed by atoms with Crippen LogP contribution in [0.2, 0.25) is 0 Å². The van der Waals surface area contributed by atoms with Crippen molar-refractivity contribution in [2.24, 2.45) is 0 Å². The van der Waals surface area contributed by atoms with Gasteiger partial charge in [0, 0.05) is 18.0 Å². The maximum Gasteiger partial charge on any atom is 0.273 e. The quantitative estimate of drug-likeness (QED) is 0.348. The number of aryl methyl sites for hydroxylation is 2. The van der Waals surface area contributed by atoms with Crippen molar-refractivity contribution in [1.29, 1.82) is 5.26 Å². The molecule has 138 valence electrons. The van der Waals surface area contributed by atoms with Gasteiger partial charge in [0.15, 0.2) is 0 Å². The summed E-state index contributed by atoms with van der Waals surface area (Å²) in [4.78, 5) is 22.6. The topological polar surface area (TPSA) is 117 Å². The molecule has 0 fully saturated rings. The first-order valence-corrected chi connectivity index (χ1v) is 7.93. The van der Waals surface area contributed by atoms with E-state index in [4.69, 9.17) is 4.74 Å². The Morgan fingerprint density at radius 3 is 2.59 bits per heavy atom. The number of ether oxygens (including phenoxy) is 1. The van der Waals surface area contributed by atoms with E-state index in [-0.39, 0.29) is 22.7 Å². The van der Waals surface area contributed by atoms with Crippen LogP contribution in [0.15, 0.2) is 48.2 Å². The second-order valence-electron chi connectivity index (χ2n) is 5.73. The molecule has 0 unspecified atom stereocenters. The molecule has 0 spiro atoms. The number of non-ortho nitro benzene ring substituents is 1. The molecule has 0 atom stereocenters. The van der Waals surface area contributed by atoms with Crippen molar-refractivity contribution in [1.82, 2.24) is 0 Å². The molecule has 8 heteroatoms. The lowest BCUT2D eigenvalue weighted by Crippen LogP contribution is -2.15. The highest BCUT2D eigenvalue weighted by Gasteiger charge is 2.15. The maximum atomic E-state index is 12.4. The molecule has 2 aromatic carbocycles. The number of nitrogens with one attached hydrogen (secondary N) is 2. The first-order chi connectivity index (χ1) is 12.8. The molecule has 0 radical (unpaired) electrons. The molecule has 8 nitrogen and oxygen atoms in total. The van der Waals surface area contributed by atoms with Gasteiger partial charge >= 0.3 is 0 Å². The van der Waals surface area contributed by atoms with Gasteiger partial charge in [-0.15, -0.1) is 0 Å². The van der Waals surface area contributed by atoms with Gasteiger partial charge in [-0.05, 0) is 37.1 Å². The van der Waals surface area contributed by atoms with E-state index in [9.17, 15) is 20.2 Å². The number of amides is 1. The highest BCUT2D eigenvalue weighted by molar-refractivity contribution is 6.07. The fraction of sp³-hybridized carbons (Fsp3) is 0.158. The molecule has 27 heavy (non-hydrogen) atoms. The van der Waals surface area contributed by atoms with Crippen LogP contribution in [0.1, 0.15) is 11.1 Å². The lowest BCUT2D eigenvalue weighted by Gasteiger charge is -2.10. The Balaban J connectivity index is 2.21. The molecule has 0 aliphatic rings. The first-order valence-electron chi connectivity index (χ1n) is 7.93. The number of anilines is 2. The largest absolute Gasteiger partial charge is 0.494 e. The van der Waals surface area contributed by atoms with Crippen LogP contribution in [0.25, 0.3) is 0 Å². The van der Waals surface area contributed by atoms with E-state index in [0.717, 1.165) is 16.8 Å². The molecule has 1 amide bonds. The first kappa shape index (κ1) is 19.5. The van der Waals surface area contributed by atoms with Crippen LogP contribution in [0, 0.1) is 35.3 Å². The van der Waals surface area contributed by atoms with Gasteiger partial charge in [0.1, 0.15) is 17.4 Å². The van der Waals surface area contributed by atoms with E-state index >= 15 is 0 Å². The van der Waals surface area contributed by atoms with Crippen molar-refractivity contribution < 1.29 is 14.5 Å². The Bertz CT molecular complexity index is 961. The molecule has 0 aliphatic carbocycles. The number of methoxy groups -OCH3 is 1. The van der Waals surface area contributed by atoms with Crippen molar-refractivity contribution in [2.75, 3.05) is 17.7 Å². The minimum Gasteiger partial charge on any atom is -0.494 e. The van der Waals surface area contributed by atoms with Crippen LogP contribution in [0.4, 0.5) is 17.1 Å². The molecule has 0 heterocycles. The lowest BCUT2D eigenvalue weighted by atomic mass is 10.1. The summed E-state index contributed by atoms with van der Waals surface area (Å²) in [6.07, 6.45) is 1.31. The Kier molecular flexibility index (Phi) is 6.12. The highest BCUT2D eigenvalue weighted by Crippen LogP contribution is 2.29. The monoisotopic (exact) mass is 366 g/mol. The van der Waals surface area contributed by atoms with Gasteiger partial charge in [-0.2, -0.15) is 5.26 Å². The number of nitro groups is 1. The fourth-order valence-corrected chi connectivity index (χ4v) is 2.28. The van der Waals surface area contributed by atoms with Crippen LogP contribution in [0.5, 0.6) is 5.75 Å². The number of rotatable bonds is 6. The summed E-state index contributed by atoms with van der Waals surface area (Å²) in [5, 5.41) is 25.6. The van der Waals surface area contributed by atoms with Crippen LogP contribution >= 0.6 is 0 Å². The average molecular weight is 366 g/mol. The van der Waals surface area contributed by atoms with Crippen molar-refractivity contribution >= 4 is 23.0 Å². The van der Waals surface area contributed by atoms with Gasteiger partial charge in [0.2, 0.25) is 0 Å².